The Kier molecular flexibility index (Phi) is 6.72. The van der Waals surface area contributed by atoms with Gasteiger partial charge < -0.3 is 24.7 Å². The molecule has 6 rings (SSSR count). The van der Waals surface area contributed by atoms with Gasteiger partial charge in [0.2, 0.25) is 0 Å². The number of anilines is 1. The zero-order valence-electron chi connectivity index (χ0n) is 23.6. The van der Waals surface area contributed by atoms with E-state index >= 15 is 4.39 Å². The Bertz CT molecular complexity index is 1630. The third-order valence-corrected chi connectivity index (χ3v) is 7.47. The molecule has 0 spiro atoms. The zero-order chi connectivity index (χ0) is 28.9. The highest BCUT2D eigenvalue weighted by Crippen LogP contribution is 2.40. The highest BCUT2D eigenvalue weighted by Gasteiger charge is 2.36. The van der Waals surface area contributed by atoms with Crippen LogP contribution in [0, 0.1) is 12.7 Å². The lowest BCUT2D eigenvalue weighted by molar-refractivity contribution is 0.0276. The SMILES string of the molecule is Cc1ccnc(Oc2ccc(-c3c4n(c5ncnc(N)c35)CCN(C3CCN(C(=O)OC(C)(C)C)C3)C4)cc2F)n1. The van der Waals surface area contributed by atoms with Gasteiger partial charge in [0, 0.05) is 61.9 Å². The van der Waals surface area contributed by atoms with Crippen molar-refractivity contribution in [3.05, 3.63) is 54.0 Å². The van der Waals surface area contributed by atoms with Crippen molar-refractivity contribution in [1.82, 2.24) is 34.3 Å². The van der Waals surface area contributed by atoms with Crippen LogP contribution in [0.5, 0.6) is 11.8 Å². The van der Waals surface area contributed by atoms with Crippen LogP contribution < -0.4 is 10.5 Å². The Morgan fingerprint density at radius 1 is 1.12 bits per heavy atom. The standard InChI is InChI=1S/C29H33FN8O3/c1-17-7-9-32-27(35-17)40-22-6-5-18(13-20(22)30)23-21-15-36(11-12-38(21)26-24(23)25(31)33-16-34-26)19-8-10-37(14-19)28(39)41-29(2,3)4/h5-7,9,13,16,19H,8,10-12,14-15H2,1-4H3,(H2,31,33,34). The van der Waals surface area contributed by atoms with Crippen LogP contribution in [0.15, 0.2) is 36.8 Å². The summed E-state index contributed by atoms with van der Waals surface area (Å²) >= 11 is 0. The zero-order valence-corrected chi connectivity index (χ0v) is 23.6. The van der Waals surface area contributed by atoms with Gasteiger partial charge in [0.15, 0.2) is 11.6 Å². The molecule has 41 heavy (non-hydrogen) atoms. The number of rotatable bonds is 4. The Hall–Kier alpha value is -4.32. The molecule has 2 aliphatic rings. The summed E-state index contributed by atoms with van der Waals surface area (Å²) in [4.78, 5) is 33.9. The van der Waals surface area contributed by atoms with Gasteiger partial charge in [0.25, 0.3) is 0 Å². The summed E-state index contributed by atoms with van der Waals surface area (Å²) in [6.45, 7) is 10.7. The van der Waals surface area contributed by atoms with Crippen LogP contribution >= 0.6 is 0 Å². The van der Waals surface area contributed by atoms with Crippen LogP contribution in [0.1, 0.15) is 38.6 Å². The van der Waals surface area contributed by atoms with Crippen LogP contribution in [0.3, 0.4) is 0 Å². The van der Waals surface area contributed by atoms with E-state index in [4.69, 9.17) is 15.2 Å². The molecule has 0 radical (unpaired) electrons. The topological polar surface area (TPSA) is 125 Å². The fraction of sp³-hybridized carbons (Fsp3) is 0.414. The van der Waals surface area contributed by atoms with E-state index in [-0.39, 0.29) is 23.9 Å². The van der Waals surface area contributed by atoms with Crippen molar-refractivity contribution < 1.29 is 18.7 Å². The second kappa shape index (κ2) is 10.3. The summed E-state index contributed by atoms with van der Waals surface area (Å²) in [5.74, 6) is -0.187. The molecule has 1 saturated heterocycles. The van der Waals surface area contributed by atoms with Gasteiger partial charge in [-0.15, -0.1) is 0 Å². The van der Waals surface area contributed by atoms with E-state index in [0.717, 1.165) is 35.6 Å². The molecule has 1 atom stereocenters. The molecule has 1 amide bonds. The molecule has 4 aromatic rings. The van der Waals surface area contributed by atoms with E-state index < -0.39 is 11.4 Å². The number of nitrogens with two attached hydrogens (primary N) is 1. The van der Waals surface area contributed by atoms with Crippen LogP contribution in [-0.2, 0) is 17.8 Å². The molecule has 0 bridgehead atoms. The molecule has 3 aromatic heterocycles. The van der Waals surface area contributed by atoms with E-state index in [1.54, 1.807) is 29.3 Å². The van der Waals surface area contributed by atoms with Gasteiger partial charge in [0.05, 0.1) is 5.39 Å². The number of amides is 1. The normalized spacial score (nSPS) is 17.6. The Labute approximate surface area is 237 Å². The van der Waals surface area contributed by atoms with E-state index in [9.17, 15) is 4.79 Å². The summed E-state index contributed by atoms with van der Waals surface area (Å²) in [7, 11) is 0. The molecule has 214 valence electrons. The monoisotopic (exact) mass is 560 g/mol. The van der Waals surface area contributed by atoms with Gasteiger partial charge in [-0.05, 0) is 57.9 Å². The van der Waals surface area contributed by atoms with Gasteiger partial charge in [-0.2, -0.15) is 0 Å². The second-order valence-electron chi connectivity index (χ2n) is 11.5. The number of hydrogen-bond acceptors (Lipinski definition) is 9. The molecular weight excluding hydrogens is 527 g/mol. The van der Waals surface area contributed by atoms with Gasteiger partial charge in [-0.3, -0.25) is 4.90 Å². The number of fused-ring (bicyclic) bond motifs is 3. The van der Waals surface area contributed by atoms with Crippen molar-refractivity contribution >= 4 is 22.9 Å². The molecule has 2 aliphatic heterocycles. The van der Waals surface area contributed by atoms with E-state index in [1.165, 1.54) is 12.4 Å². The largest absolute Gasteiger partial charge is 0.444 e. The average Bonchev–Trinajstić information content (AvgIpc) is 3.53. The molecule has 2 N–H and O–H groups in total. The summed E-state index contributed by atoms with van der Waals surface area (Å²) in [6.07, 6.45) is 3.58. The lowest BCUT2D eigenvalue weighted by Gasteiger charge is -2.34. The summed E-state index contributed by atoms with van der Waals surface area (Å²) in [5, 5.41) is 0.696. The molecule has 0 aliphatic carbocycles. The molecule has 1 aromatic carbocycles. The lowest BCUT2D eigenvalue weighted by atomic mass is 10.0. The highest BCUT2D eigenvalue weighted by atomic mass is 19.1. The van der Waals surface area contributed by atoms with Crippen LogP contribution in [-0.4, -0.2) is 71.7 Å². The van der Waals surface area contributed by atoms with Gasteiger partial charge in [0.1, 0.15) is 23.4 Å². The van der Waals surface area contributed by atoms with Gasteiger partial charge >= 0.3 is 12.1 Å². The maximum atomic E-state index is 15.4. The molecule has 5 heterocycles. The lowest BCUT2D eigenvalue weighted by Crippen LogP contribution is -2.43. The van der Waals surface area contributed by atoms with Crippen molar-refractivity contribution in [3.63, 3.8) is 0 Å². The minimum absolute atomic E-state index is 0.0239. The Morgan fingerprint density at radius 2 is 1.95 bits per heavy atom. The van der Waals surface area contributed by atoms with Crippen LogP contribution in [0.25, 0.3) is 22.2 Å². The summed E-state index contributed by atoms with van der Waals surface area (Å²) < 4.78 is 28.8. The van der Waals surface area contributed by atoms with Crippen molar-refractivity contribution in [3.8, 4) is 22.9 Å². The third kappa shape index (κ3) is 5.26. The fourth-order valence-electron chi connectivity index (χ4n) is 5.61. The maximum absolute atomic E-state index is 15.4. The average molecular weight is 561 g/mol. The fourth-order valence-corrected chi connectivity index (χ4v) is 5.61. The van der Waals surface area contributed by atoms with Gasteiger partial charge in [-0.1, -0.05) is 6.07 Å². The Balaban J connectivity index is 1.31. The van der Waals surface area contributed by atoms with Crippen molar-refractivity contribution in [2.45, 2.75) is 58.8 Å². The van der Waals surface area contributed by atoms with E-state index in [2.05, 4.69) is 29.4 Å². The smallest absolute Gasteiger partial charge is 0.410 e. The first-order chi connectivity index (χ1) is 19.6. The first kappa shape index (κ1) is 26.9. The van der Waals surface area contributed by atoms with Crippen molar-refractivity contribution in [2.24, 2.45) is 0 Å². The number of hydrogen-bond donors (Lipinski definition) is 1. The predicted molar refractivity (Wildman–Crippen MR) is 151 cm³/mol. The highest BCUT2D eigenvalue weighted by molar-refractivity contribution is 6.02. The number of nitrogens with zero attached hydrogens (tertiary/aromatic N) is 7. The van der Waals surface area contributed by atoms with Crippen LogP contribution in [0.4, 0.5) is 15.0 Å². The number of aryl methyl sites for hydroxylation is 1. The first-order valence-electron chi connectivity index (χ1n) is 13.7. The predicted octanol–water partition coefficient (Wildman–Crippen LogP) is 4.54. The number of likely N-dealkylation sites (tertiary alicyclic amines) is 1. The number of benzene rings is 1. The van der Waals surface area contributed by atoms with E-state index in [1.807, 2.05) is 27.7 Å². The van der Waals surface area contributed by atoms with Crippen LogP contribution in [0.2, 0.25) is 0 Å². The number of halogens is 1. The maximum Gasteiger partial charge on any atom is 0.410 e. The van der Waals surface area contributed by atoms with E-state index in [0.29, 0.717) is 42.9 Å². The molecule has 0 saturated carbocycles. The van der Waals surface area contributed by atoms with Crippen molar-refractivity contribution in [1.29, 1.82) is 0 Å². The Morgan fingerprint density at radius 3 is 2.71 bits per heavy atom. The van der Waals surface area contributed by atoms with Crippen molar-refractivity contribution in [2.75, 3.05) is 25.4 Å². The number of ether oxygens (including phenoxy) is 2. The summed E-state index contributed by atoms with van der Waals surface area (Å²) in [5.41, 5.74) is 9.69. The molecule has 11 nitrogen and oxygen atoms in total. The number of nitrogen functional groups attached to an aromatic ring is 1. The quantitative estimate of drug-likeness (QED) is 0.383. The minimum Gasteiger partial charge on any atom is -0.444 e. The molecule has 1 unspecified atom stereocenters. The third-order valence-electron chi connectivity index (χ3n) is 7.47. The molecular formula is C29H33FN8O3. The van der Waals surface area contributed by atoms with Gasteiger partial charge in [-0.25, -0.2) is 29.1 Å². The summed E-state index contributed by atoms with van der Waals surface area (Å²) in [6, 6.07) is 6.80. The molecule has 12 heteroatoms. The number of aromatic nitrogens is 5. The minimum atomic E-state index is -0.549. The molecule has 1 fully saturated rings. The second-order valence-corrected chi connectivity index (χ2v) is 11.5. The number of carbonyl (C=O) groups is 1. The number of carbonyl (C=O) groups excluding carboxylic acids is 1. The first-order valence-corrected chi connectivity index (χ1v) is 13.7.